The number of rotatable bonds is 2. The van der Waals surface area contributed by atoms with Crippen LogP contribution in [-0.2, 0) is 5.54 Å². The van der Waals surface area contributed by atoms with Crippen molar-refractivity contribution in [2.24, 2.45) is 5.73 Å². The maximum Gasteiger partial charge on any atom is 0.0411 e. The van der Waals surface area contributed by atoms with Crippen LogP contribution in [0.15, 0.2) is 24.3 Å². The second kappa shape index (κ2) is 4.67. The Labute approximate surface area is 110 Å². The van der Waals surface area contributed by atoms with Crippen LogP contribution in [0.25, 0.3) is 0 Å². The highest BCUT2D eigenvalue weighted by molar-refractivity contribution is 5.33. The Bertz CT molecular complexity index is 406. The van der Waals surface area contributed by atoms with Gasteiger partial charge in [-0.05, 0) is 69.3 Å². The van der Waals surface area contributed by atoms with E-state index in [4.69, 9.17) is 5.73 Å². The van der Waals surface area contributed by atoms with Gasteiger partial charge in [0.15, 0.2) is 0 Å². The minimum Gasteiger partial charge on any atom is -0.321 e. The molecule has 1 aliphatic heterocycles. The van der Waals surface area contributed by atoms with E-state index in [2.05, 4.69) is 36.2 Å². The fourth-order valence-corrected chi connectivity index (χ4v) is 3.08. The molecule has 0 spiro atoms. The zero-order valence-electron chi connectivity index (χ0n) is 11.4. The first-order valence-corrected chi connectivity index (χ1v) is 7.25. The second-order valence-electron chi connectivity index (χ2n) is 6.21. The molecule has 2 N–H and O–H groups in total. The predicted octanol–water partition coefficient (Wildman–Crippen LogP) is 2.83. The van der Waals surface area contributed by atoms with E-state index in [1.54, 1.807) is 0 Å². The number of benzene rings is 1. The van der Waals surface area contributed by atoms with Crippen molar-refractivity contribution in [1.29, 1.82) is 0 Å². The van der Waals surface area contributed by atoms with Crippen molar-refractivity contribution in [1.82, 2.24) is 4.90 Å². The predicted molar refractivity (Wildman–Crippen MR) is 75.6 cm³/mol. The van der Waals surface area contributed by atoms with E-state index in [1.807, 2.05) is 0 Å². The average molecular weight is 244 g/mol. The van der Waals surface area contributed by atoms with E-state index < -0.39 is 0 Å². The van der Waals surface area contributed by atoms with Gasteiger partial charge in [-0.3, -0.25) is 0 Å². The summed E-state index contributed by atoms with van der Waals surface area (Å²) in [5, 5.41) is 0. The fraction of sp³-hybridized carbons (Fsp3) is 0.625. The molecule has 2 heteroatoms. The Hall–Kier alpha value is -0.860. The van der Waals surface area contributed by atoms with Crippen LogP contribution >= 0.6 is 0 Å². The molecule has 0 bridgehead atoms. The summed E-state index contributed by atoms with van der Waals surface area (Å²) in [7, 11) is 2.23. The van der Waals surface area contributed by atoms with Gasteiger partial charge in [0.2, 0.25) is 0 Å². The van der Waals surface area contributed by atoms with Gasteiger partial charge in [-0.2, -0.15) is 0 Å². The molecule has 2 fully saturated rings. The molecular weight excluding hydrogens is 220 g/mol. The largest absolute Gasteiger partial charge is 0.321 e. The topological polar surface area (TPSA) is 29.3 Å². The number of nitrogens with two attached hydrogens (primary N) is 1. The second-order valence-corrected chi connectivity index (χ2v) is 6.21. The highest BCUT2D eigenvalue weighted by Crippen LogP contribution is 2.43. The Morgan fingerprint density at radius 3 is 2.50 bits per heavy atom. The number of nitrogens with zero attached hydrogens (tertiary/aromatic N) is 1. The minimum absolute atomic E-state index is 0.0161. The number of likely N-dealkylation sites (tertiary alicyclic amines) is 1. The lowest BCUT2D eigenvalue weighted by molar-refractivity contribution is 0.347. The summed E-state index contributed by atoms with van der Waals surface area (Å²) in [6, 6.07) is 9.16. The molecule has 1 aromatic carbocycles. The maximum absolute atomic E-state index is 6.23. The molecule has 2 aliphatic rings. The van der Waals surface area contributed by atoms with E-state index in [0.717, 1.165) is 18.8 Å². The van der Waals surface area contributed by atoms with E-state index in [9.17, 15) is 0 Å². The van der Waals surface area contributed by atoms with E-state index in [1.165, 1.54) is 43.5 Å². The molecule has 1 aliphatic carbocycles. The van der Waals surface area contributed by atoms with Crippen molar-refractivity contribution >= 4 is 0 Å². The fourth-order valence-electron chi connectivity index (χ4n) is 3.08. The summed E-state index contributed by atoms with van der Waals surface area (Å²) in [5.74, 6) is 0.747. The van der Waals surface area contributed by atoms with Gasteiger partial charge in [0.25, 0.3) is 0 Å². The third kappa shape index (κ3) is 2.45. The third-order valence-corrected chi connectivity index (χ3v) is 4.70. The lowest BCUT2D eigenvalue weighted by Crippen LogP contribution is -2.19. The van der Waals surface area contributed by atoms with Crippen LogP contribution in [0.1, 0.15) is 49.1 Å². The van der Waals surface area contributed by atoms with Gasteiger partial charge in [0.05, 0.1) is 0 Å². The van der Waals surface area contributed by atoms with E-state index in [-0.39, 0.29) is 5.54 Å². The summed E-state index contributed by atoms with van der Waals surface area (Å²) in [6.45, 7) is 2.48. The monoisotopic (exact) mass is 244 g/mol. The van der Waals surface area contributed by atoms with Crippen molar-refractivity contribution in [3.05, 3.63) is 35.4 Å². The number of hydrogen-bond donors (Lipinski definition) is 1. The summed E-state index contributed by atoms with van der Waals surface area (Å²) < 4.78 is 0. The first kappa shape index (κ1) is 12.2. The smallest absolute Gasteiger partial charge is 0.0411 e. The number of hydrogen-bond acceptors (Lipinski definition) is 2. The van der Waals surface area contributed by atoms with Gasteiger partial charge in [0, 0.05) is 5.54 Å². The highest BCUT2D eigenvalue weighted by atomic mass is 15.1. The third-order valence-electron chi connectivity index (χ3n) is 4.70. The summed E-state index contributed by atoms with van der Waals surface area (Å²) in [6.07, 6.45) is 6.26. The van der Waals surface area contributed by atoms with Crippen LogP contribution in [0.2, 0.25) is 0 Å². The first-order valence-electron chi connectivity index (χ1n) is 7.25. The molecule has 18 heavy (non-hydrogen) atoms. The van der Waals surface area contributed by atoms with Gasteiger partial charge in [-0.25, -0.2) is 0 Å². The lowest BCUT2D eigenvalue weighted by Gasteiger charge is -2.17. The Morgan fingerprint density at radius 2 is 1.83 bits per heavy atom. The summed E-state index contributed by atoms with van der Waals surface area (Å²) >= 11 is 0. The molecule has 0 amide bonds. The van der Waals surface area contributed by atoms with Crippen LogP contribution < -0.4 is 5.73 Å². The quantitative estimate of drug-likeness (QED) is 0.867. The van der Waals surface area contributed by atoms with Crippen molar-refractivity contribution in [2.45, 2.75) is 43.6 Å². The van der Waals surface area contributed by atoms with Crippen LogP contribution in [0.4, 0.5) is 0 Å². The molecule has 1 aromatic rings. The first-order chi connectivity index (χ1) is 8.67. The van der Waals surface area contributed by atoms with Gasteiger partial charge in [-0.1, -0.05) is 24.3 Å². The van der Waals surface area contributed by atoms with Crippen molar-refractivity contribution in [3.63, 3.8) is 0 Å². The molecular formula is C16H24N2. The Balaban J connectivity index is 1.72. The van der Waals surface area contributed by atoms with Crippen LogP contribution in [0.3, 0.4) is 0 Å². The molecule has 0 aromatic heterocycles. The molecule has 1 saturated carbocycles. The van der Waals surface area contributed by atoms with Crippen molar-refractivity contribution in [2.75, 3.05) is 20.1 Å². The molecule has 0 radical (unpaired) electrons. The Morgan fingerprint density at radius 1 is 1.11 bits per heavy atom. The van der Waals surface area contributed by atoms with Crippen molar-refractivity contribution < 1.29 is 0 Å². The molecule has 2 nitrogen and oxygen atoms in total. The maximum atomic E-state index is 6.23. The molecule has 1 heterocycles. The van der Waals surface area contributed by atoms with E-state index >= 15 is 0 Å². The van der Waals surface area contributed by atoms with Gasteiger partial charge < -0.3 is 10.6 Å². The normalized spacial score (nSPS) is 27.8. The van der Waals surface area contributed by atoms with Crippen molar-refractivity contribution in [3.8, 4) is 0 Å². The van der Waals surface area contributed by atoms with Gasteiger partial charge in [0.1, 0.15) is 0 Å². The molecule has 1 unspecified atom stereocenters. The SMILES string of the molecule is CN1CCCC(c2ccc(C3(N)CC3)cc2)CC1. The lowest BCUT2D eigenvalue weighted by atomic mass is 9.90. The standard InChI is InChI=1S/C16H24N2/c1-18-11-2-3-13(8-12-18)14-4-6-15(7-5-14)16(17)9-10-16/h4-7,13H,2-3,8-12,17H2,1H3. The average Bonchev–Trinajstić information content (AvgIpc) is 3.15. The van der Waals surface area contributed by atoms with Gasteiger partial charge >= 0.3 is 0 Å². The zero-order chi connectivity index (χ0) is 12.6. The minimum atomic E-state index is 0.0161. The zero-order valence-corrected chi connectivity index (χ0v) is 11.4. The summed E-state index contributed by atoms with van der Waals surface area (Å²) in [5.41, 5.74) is 9.09. The molecule has 1 atom stereocenters. The van der Waals surface area contributed by atoms with Crippen LogP contribution in [0, 0.1) is 0 Å². The van der Waals surface area contributed by atoms with Gasteiger partial charge in [-0.15, -0.1) is 0 Å². The van der Waals surface area contributed by atoms with Crippen LogP contribution in [0.5, 0.6) is 0 Å². The van der Waals surface area contributed by atoms with E-state index in [0.29, 0.717) is 0 Å². The van der Waals surface area contributed by atoms with Crippen LogP contribution in [-0.4, -0.2) is 25.0 Å². The summed E-state index contributed by atoms with van der Waals surface area (Å²) in [4.78, 5) is 2.45. The molecule has 98 valence electrons. The molecule has 1 saturated heterocycles. The molecule has 3 rings (SSSR count). The highest BCUT2D eigenvalue weighted by Gasteiger charge is 2.39. The Kier molecular flexibility index (Phi) is 3.16.